The van der Waals surface area contributed by atoms with Crippen LogP contribution in [0.2, 0.25) is 0 Å². The maximum absolute atomic E-state index is 12.3. The normalized spacial score (nSPS) is 11.5. The first kappa shape index (κ1) is 21.1. The molecular weight excluding hydrogens is 451 g/mol. The van der Waals surface area contributed by atoms with Crippen LogP contribution in [0.25, 0.3) is 10.8 Å². The number of carbonyl (C=O) groups excluding carboxylic acids is 1. The molecule has 3 heterocycles. The number of benzene rings is 1. The lowest BCUT2D eigenvalue weighted by atomic mass is 10.1. The van der Waals surface area contributed by atoms with Crippen molar-refractivity contribution in [2.45, 2.75) is 19.2 Å². The third-order valence-electron chi connectivity index (χ3n) is 3.96. The SMILES string of the molecule is O=C(Cc1csc(-c2ccco2)n1)Nc1ncc(Cc2ccc(OC(F)(F)F)cc2)s1. The topological polar surface area (TPSA) is 77.3 Å². The predicted molar refractivity (Wildman–Crippen MR) is 110 cm³/mol. The molecular formula is C20H14F3N3O3S2. The second kappa shape index (κ2) is 8.90. The van der Waals surface area contributed by atoms with Crippen LogP contribution in [0.1, 0.15) is 16.1 Å². The highest BCUT2D eigenvalue weighted by Gasteiger charge is 2.30. The molecule has 1 aromatic carbocycles. The van der Waals surface area contributed by atoms with Crippen LogP contribution < -0.4 is 10.1 Å². The highest BCUT2D eigenvalue weighted by Crippen LogP contribution is 2.26. The summed E-state index contributed by atoms with van der Waals surface area (Å²) >= 11 is 2.69. The third kappa shape index (κ3) is 5.92. The van der Waals surface area contributed by atoms with E-state index in [1.165, 1.54) is 34.8 Å². The largest absolute Gasteiger partial charge is 0.573 e. The van der Waals surface area contributed by atoms with Gasteiger partial charge in [-0.2, -0.15) is 0 Å². The number of carbonyl (C=O) groups is 1. The van der Waals surface area contributed by atoms with Crippen molar-refractivity contribution in [3.05, 3.63) is 70.4 Å². The molecule has 4 rings (SSSR count). The van der Waals surface area contributed by atoms with Crippen LogP contribution in [0.3, 0.4) is 0 Å². The van der Waals surface area contributed by atoms with Crippen LogP contribution in [0.4, 0.5) is 18.3 Å². The lowest BCUT2D eigenvalue weighted by Gasteiger charge is -2.08. The first-order valence-electron chi connectivity index (χ1n) is 8.91. The first-order valence-corrected chi connectivity index (χ1v) is 10.6. The molecule has 11 heteroatoms. The van der Waals surface area contributed by atoms with Gasteiger partial charge in [0.15, 0.2) is 15.9 Å². The Morgan fingerprint density at radius 3 is 2.71 bits per heavy atom. The number of anilines is 1. The van der Waals surface area contributed by atoms with E-state index in [4.69, 9.17) is 4.42 Å². The number of halogens is 3. The van der Waals surface area contributed by atoms with E-state index in [1.807, 2.05) is 0 Å². The third-order valence-corrected chi connectivity index (χ3v) is 5.78. The van der Waals surface area contributed by atoms with E-state index in [0.29, 0.717) is 28.0 Å². The molecule has 0 aliphatic heterocycles. The summed E-state index contributed by atoms with van der Waals surface area (Å²) < 4.78 is 45.8. The van der Waals surface area contributed by atoms with Gasteiger partial charge in [0.25, 0.3) is 0 Å². The Hall–Kier alpha value is -3.18. The van der Waals surface area contributed by atoms with Gasteiger partial charge < -0.3 is 14.5 Å². The van der Waals surface area contributed by atoms with Crippen molar-refractivity contribution in [1.82, 2.24) is 9.97 Å². The van der Waals surface area contributed by atoms with Gasteiger partial charge >= 0.3 is 6.36 Å². The van der Waals surface area contributed by atoms with Gasteiger partial charge in [0, 0.05) is 22.9 Å². The van der Waals surface area contributed by atoms with E-state index < -0.39 is 6.36 Å². The highest BCUT2D eigenvalue weighted by atomic mass is 32.1. The van der Waals surface area contributed by atoms with Crippen molar-refractivity contribution in [2.24, 2.45) is 0 Å². The van der Waals surface area contributed by atoms with E-state index in [-0.39, 0.29) is 18.1 Å². The van der Waals surface area contributed by atoms with E-state index in [9.17, 15) is 18.0 Å². The Labute approximate surface area is 182 Å². The number of nitrogens with zero attached hydrogens (tertiary/aromatic N) is 2. The summed E-state index contributed by atoms with van der Waals surface area (Å²) in [6, 6.07) is 9.20. The zero-order valence-corrected chi connectivity index (χ0v) is 17.3. The quantitative estimate of drug-likeness (QED) is 0.388. The number of amides is 1. The molecule has 0 unspecified atom stereocenters. The van der Waals surface area contributed by atoms with Gasteiger partial charge in [0.1, 0.15) is 5.75 Å². The van der Waals surface area contributed by atoms with Crippen molar-refractivity contribution in [3.8, 4) is 16.5 Å². The number of furan rings is 1. The average Bonchev–Trinajstić information content (AvgIpc) is 3.44. The predicted octanol–water partition coefficient (Wildman–Crippen LogP) is 5.53. The van der Waals surface area contributed by atoms with Crippen molar-refractivity contribution < 1.29 is 27.1 Å². The Balaban J connectivity index is 1.31. The summed E-state index contributed by atoms with van der Waals surface area (Å²) in [6.07, 6.45) is -0.956. The minimum Gasteiger partial charge on any atom is -0.462 e. The number of aromatic nitrogens is 2. The monoisotopic (exact) mass is 465 g/mol. The highest BCUT2D eigenvalue weighted by molar-refractivity contribution is 7.15. The van der Waals surface area contributed by atoms with Gasteiger partial charge in [-0.3, -0.25) is 4.79 Å². The second-order valence-electron chi connectivity index (χ2n) is 6.35. The number of thiazole rings is 2. The van der Waals surface area contributed by atoms with Crippen LogP contribution in [0.15, 0.2) is 58.7 Å². The Bertz CT molecular complexity index is 1150. The molecule has 0 aliphatic carbocycles. The lowest BCUT2D eigenvalue weighted by Crippen LogP contribution is -2.17. The summed E-state index contributed by atoms with van der Waals surface area (Å²) in [6.45, 7) is 0. The maximum atomic E-state index is 12.3. The zero-order chi connectivity index (χ0) is 21.8. The molecule has 6 nitrogen and oxygen atoms in total. The Morgan fingerprint density at radius 1 is 1.19 bits per heavy atom. The minimum atomic E-state index is -4.72. The van der Waals surface area contributed by atoms with E-state index in [1.54, 1.807) is 42.1 Å². The van der Waals surface area contributed by atoms with Crippen molar-refractivity contribution in [2.75, 3.05) is 5.32 Å². The van der Waals surface area contributed by atoms with Gasteiger partial charge in [-0.15, -0.1) is 35.8 Å². The summed E-state index contributed by atoms with van der Waals surface area (Å²) in [7, 11) is 0. The number of rotatable bonds is 7. The zero-order valence-electron chi connectivity index (χ0n) is 15.7. The number of alkyl halides is 3. The molecule has 0 atom stereocenters. The number of nitrogens with one attached hydrogen (secondary N) is 1. The number of hydrogen-bond acceptors (Lipinski definition) is 7. The molecule has 0 aliphatic rings. The van der Waals surface area contributed by atoms with Crippen LogP contribution in [0.5, 0.6) is 5.75 Å². The number of ether oxygens (including phenoxy) is 1. The van der Waals surface area contributed by atoms with E-state index in [2.05, 4.69) is 20.0 Å². The molecule has 160 valence electrons. The summed E-state index contributed by atoms with van der Waals surface area (Å²) in [4.78, 5) is 21.7. The van der Waals surface area contributed by atoms with Crippen molar-refractivity contribution in [1.29, 1.82) is 0 Å². The van der Waals surface area contributed by atoms with Gasteiger partial charge in [0.05, 0.1) is 18.4 Å². The van der Waals surface area contributed by atoms with E-state index in [0.717, 1.165) is 10.4 Å². The molecule has 0 radical (unpaired) electrons. The van der Waals surface area contributed by atoms with E-state index >= 15 is 0 Å². The molecule has 1 N–H and O–H groups in total. The van der Waals surface area contributed by atoms with Crippen LogP contribution in [-0.4, -0.2) is 22.2 Å². The van der Waals surface area contributed by atoms with Crippen molar-refractivity contribution >= 4 is 33.7 Å². The number of hydrogen-bond donors (Lipinski definition) is 1. The van der Waals surface area contributed by atoms with Gasteiger partial charge in [-0.05, 0) is 29.8 Å². The van der Waals surface area contributed by atoms with Crippen LogP contribution >= 0.6 is 22.7 Å². The molecule has 0 saturated heterocycles. The fraction of sp³-hybridized carbons (Fsp3) is 0.150. The van der Waals surface area contributed by atoms with Gasteiger partial charge in [-0.25, -0.2) is 9.97 Å². The van der Waals surface area contributed by atoms with Crippen LogP contribution in [0, 0.1) is 0 Å². The average molecular weight is 465 g/mol. The first-order chi connectivity index (χ1) is 14.8. The minimum absolute atomic E-state index is 0.104. The molecule has 31 heavy (non-hydrogen) atoms. The second-order valence-corrected chi connectivity index (χ2v) is 8.32. The standard InChI is InChI=1S/C20H14F3N3O3S2/c21-20(22,23)29-14-5-3-12(4-6-14)8-15-10-24-19(31-15)26-17(27)9-13-11-30-18(25-13)16-2-1-7-28-16/h1-7,10-11H,8-9H2,(H,24,26,27). The summed E-state index contributed by atoms with van der Waals surface area (Å²) in [5.74, 6) is 0.135. The lowest BCUT2D eigenvalue weighted by molar-refractivity contribution is -0.274. The van der Waals surface area contributed by atoms with Gasteiger partial charge in [0.2, 0.25) is 5.91 Å². The van der Waals surface area contributed by atoms with Gasteiger partial charge in [-0.1, -0.05) is 12.1 Å². The smallest absolute Gasteiger partial charge is 0.462 e. The van der Waals surface area contributed by atoms with Crippen molar-refractivity contribution in [3.63, 3.8) is 0 Å². The summed E-state index contributed by atoms with van der Waals surface area (Å²) in [5.41, 5.74) is 1.43. The molecule has 0 fully saturated rings. The van der Waals surface area contributed by atoms with Crippen LogP contribution in [-0.2, 0) is 17.6 Å². The molecule has 0 bridgehead atoms. The maximum Gasteiger partial charge on any atom is 0.573 e. The molecule has 0 spiro atoms. The summed E-state index contributed by atoms with van der Waals surface area (Å²) in [5, 5.41) is 5.69. The fourth-order valence-electron chi connectivity index (χ4n) is 2.69. The molecule has 3 aromatic heterocycles. The molecule has 4 aromatic rings. The fourth-order valence-corrected chi connectivity index (χ4v) is 4.34. The molecule has 1 amide bonds. The Kier molecular flexibility index (Phi) is 6.05. The molecule has 0 saturated carbocycles. The Morgan fingerprint density at radius 2 is 2.00 bits per heavy atom.